The van der Waals surface area contributed by atoms with Gasteiger partial charge in [-0.05, 0) is 68.8 Å². The van der Waals surface area contributed by atoms with Crippen LogP contribution in [0.25, 0.3) is 0 Å². The number of unbranched alkanes of at least 4 members (excludes halogenated alkanes) is 1. The summed E-state index contributed by atoms with van der Waals surface area (Å²) in [6.07, 6.45) is 6.12. The molecule has 0 atom stereocenters. The topological polar surface area (TPSA) is 38.0 Å². The summed E-state index contributed by atoms with van der Waals surface area (Å²) in [7, 11) is 0. The van der Waals surface area contributed by atoms with Crippen molar-refractivity contribution in [1.82, 2.24) is 5.32 Å². The number of rotatable bonds is 5. The Hall–Kier alpha value is -0.860. The Morgan fingerprint density at radius 1 is 1.12 bits per heavy atom. The number of aryl methyl sites for hydroxylation is 1. The molecule has 1 aliphatic rings. The third-order valence-electron chi connectivity index (χ3n) is 3.73. The van der Waals surface area contributed by atoms with Gasteiger partial charge in [0.1, 0.15) is 0 Å². The maximum atomic E-state index is 5.57. The number of hydrogen-bond donors (Lipinski definition) is 2. The molecule has 1 aliphatic heterocycles. The van der Waals surface area contributed by atoms with Crippen molar-refractivity contribution >= 4 is 0 Å². The maximum Gasteiger partial charge on any atom is -0.00431 e. The van der Waals surface area contributed by atoms with Crippen molar-refractivity contribution in [3.63, 3.8) is 0 Å². The normalized spacial score (nSPS) is 17.2. The lowest BCUT2D eigenvalue weighted by molar-refractivity contribution is 0.458. The molecule has 0 spiro atoms. The zero-order valence-electron chi connectivity index (χ0n) is 10.6. The third-order valence-corrected chi connectivity index (χ3v) is 3.73. The monoisotopic (exact) mass is 232 g/mol. The van der Waals surface area contributed by atoms with E-state index in [1.165, 1.54) is 38.8 Å². The molecule has 94 valence electrons. The number of nitrogens with two attached hydrogens (primary N) is 1. The van der Waals surface area contributed by atoms with E-state index in [9.17, 15) is 0 Å². The van der Waals surface area contributed by atoms with E-state index >= 15 is 0 Å². The van der Waals surface area contributed by atoms with Crippen LogP contribution in [-0.4, -0.2) is 19.6 Å². The van der Waals surface area contributed by atoms with Crippen molar-refractivity contribution in [2.24, 2.45) is 5.73 Å². The average Bonchev–Trinajstić information content (AvgIpc) is 2.41. The van der Waals surface area contributed by atoms with Crippen molar-refractivity contribution in [3.05, 3.63) is 35.4 Å². The van der Waals surface area contributed by atoms with Gasteiger partial charge in [-0.1, -0.05) is 24.3 Å². The van der Waals surface area contributed by atoms with E-state index in [1.807, 2.05) is 0 Å². The molecule has 0 unspecified atom stereocenters. The van der Waals surface area contributed by atoms with Crippen LogP contribution in [0.5, 0.6) is 0 Å². The van der Waals surface area contributed by atoms with Crippen LogP contribution in [0, 0.1) is 0 Å². The SMILES string of the molecule is NCCCCc1ccccc1C1CCNCC1. The van der Waals surface area contributed by atoms with Gasteiger partial charge in [0, 0.05) is 0 Å². The van der Waals surface area contributed by atoms with Gasteiger partial charge in [0.15, 0.2) is 0 Å². The molecule has 3 N–H and O–H groups in total. The summed E-state index contributed by atoms with van der Waals surface area (Å²) >= 11 is 0. The highest BCUT2D eigenvalue weighted by Crippen LogP contribution is 2.28. The molecule has 0 saturated carbocycles. The highest BCUT2D eigenvalue weighted by molar-refractivity contribution is 5.31. The zero-order valence-corrected chi connectivity index (χ0v) is 10.6. The molecule has 1 aromatic carbocycles. The van der Waals surface area contributed by atoms with E-state index in [0.29, 0.717) is 0 Å². The number of hydrogen-bond acceptors (Lipinski definition) is 2. The second-order valence-electron chi connectivity index (χ2n) is 4.97. The predicted molar refractivity (Wildman–Crippen MR) is 73.3 cm³/mol. The standard InChI is InChI=1S/C15H24N2/c16-10-4-3-6-13-5-1-2-7-15(13)14-8-11-17-12-9-14/h1-2,5,7,14,17H,3-4,6,8-12,16H2. The van der Waals surface area contributed by atoms with E-state index in [4.69, 9.17) is 5.73 Å². The fourth-order valence-electron chi connectivity index (χ4n) is 2.75. The van der Waals surface area contributed by atoms with Gasteiger partial charge >= 0.3 is 0 Å². The molecule has 0 bridgehead atoms. The second-order valence-corrected chi connectivity index (χ2v) is 4.97. The number of benzene rings is 1. The van der Waals surface area contributed by atoms with Crippen molar-refractivity contribution in [3.8, 4) is 0 Å². The maximum absolute atomic E-state index is 5.57. The molecular formula is C15H24N2. The first-order valence-corrected chi connectivity index (χ1v) is 6.90. The molecule has 1 saturated heterocycles. The van der Waals surface area contributed by atoms with E-state index in [2.05, 4.69) is 29.6 Å². The Balaban J connectivity index is 2.03. The van der Waals surface area contributed by atoms with Gasteiger partial charge in [-0.15, -0.1) is 0 Å². The molecule has 2 heteroatoms. The lowest BCUT2D eigenvalue weighted by Gasteiger charge is -2.25. The molecule has 17 heavy (non-hydrogen) atoms. The van der Waals surface area contributed by atoms with Gasteiger partial charge in [0.05, 0.1) is 0 Å². The summed E-state index contributed by atoms with van der Waals surface area (Å²) in [4.78, 5) is 0. The fraction of sp³-hybridized carbons (Fsp3) is 0.600. The van der Waals surface area contributed by atoms with Crippen LogP contribution in [0.3, 0.4) is 0 Å². The minimum Gasteiger partial charge on any atom is -0.330 e. The highest BCUT2D eigenvalue weighted by atomic mass is 14.9. The first kappa shape index (κ1) is 12.6. The van der Waals surface area contributed by atoms with Crippen molar-refractivity contribution in [1.29, 1.82) is 0 Å². The smallest absolute Gasteiger partial charge is 0.00431 e. The molecule has 1 fully saturated rings. The Labute approximate surface area is 105 Å². The summed E-state index contributed by atoms with van der Waals surface area (Å²) in [5, 5.41) is 3.44. The molecule has 2 nitrogen and oxygen atoms in total. The Kier molecular flexibility index (Phi) is 5.02. The van der Waals surface area contributed by atoms with Gasteiger partial charge in [0.25, 0.3) is 0 Å². The van der Waals surface area contributed by atoms with Gasteiger partial charge in [-0.2, -0.15) is 0 Å². The zero-order chi connectivity index (χ0) is 11.9. The summed E-state index contributed by atoms with van der Waals surface area (Å²) in [6, 6.07) is 8.98. The highest BCUT2D eigenvalue weighted by Gasteiger charge is 2.17. The van der Waals surface area contributed by atoms with E-state index in [0.717, 1.165) is 18.9 Å². The first-order chi connectivity index (χ1) is 8.42. The quantitative estimate of drug-likeness (QED) is 0.765. The lowest BCUT2D eigenvalue weighted by atomic mass is 9.86. The first-order valence-electron chi connectivity index (χ1n) is 6.90. The van der Waals surface area contributed by atoms with E-state index < -0.39 is 0 Å². The largest absolute Gasteiger partial charge is 0.330 e. The van der Waals surface area contributed by atoms with Gasteiger partial charge in [-0.3, -0.25) is 0 Å². The van der Waals surface area contributed by atoms with E-state index in [-0.39, 0.29) is 0 Å². The van der Waals surface area contributed by atoms with Crippen molar-refractivity contribution in [2.45, 2.75) is 38.0 Å². The van der Waals surface area contributed by atoms with Crippen molar-refractivity contribution in [2.75, 3.05) is 19.6 Å². The summed E-state index contributed by atoms with van der Waals surface area (Å²) < 4.78 is 0. The fourth-order valence-corrected chi connectivity index (χ4v) is 2.75. The second kappa shape index (κ2) is 6.77. The molecule has 0 aromatic heterocycles. The molecule has 0 radical (unpaired) electrons. The minimum atomic E-state index is 0.769. The molecular weight excluding hydrogens is 208 g/mol. The molecule has 1 aromatic rings. The van der Waals surface area contributed by atoms with Gasteiger partial charge in [0.2, 0.25) is 0 Å². The number of nitrogens with one attached hydrogen (secondary N) is 1. The summed E-state index contributed by atoms with van der Waals surface area (Å²) in [5.74, 6) is 0.769. The molecule has 0 aliphatic carbocycles. The molecule has 0 amide bonds. The predicted octanol–water partition coefficient (Wildman–Crippen LogP) is 2.44. The van der Waals surface area contributed by atoms with Crippen LogP contribution < -0.4 is 11.1 Å². The van der Waals surface area contributed by atoms with Gasteiger partial charge < -0.3 is 11.1 Å². The van der Waals surface area contributed by atoms with Crippen LogP contribution in [0.1, 0.15) is 42.7 Å². The van der Waals surface area contributed by atoms with Gasteiger partial charge in [-0.25, -0.2) is 0 Å². The Morgan fingerprint density at radius 3 is 2.65 bits per heavy atom. The van der Waals surface area contributed by atoms with Crippen LogP contribution in [0.2, 0.25) is 0 Å². The summed E-state index contributed by atoms with van der Waals surface area (Å²) in [5.41, 5.74) is 8.70. The minimum absolute atomic E-state index is 0.769. The van der Waals surface area contributed by atoms with Crippen molar-refractivity contribution < 1.29 is 0 Å². The van der Waals surface area contributed by atoms with Crippen LogP contribution in [-0.2, 0) is 6.42 Å². The molecule has 1 heterocycles. The lowest BCUT2D eigenvalue weighted by Crippen LogP contribution is -2.27. The van der Waals surface area contributed by atoms with Crippen LogP contribution in [0.4, 0.5) is 0 Å². The number of piperidine rings is 1. The Bertz CT molecular complexity index is 329. The van der Waals surface area contributed by atoms with Crippen LogP contribution in [0.15, 0.2) is 24.3 Å². The Morgan fingerprint density at radius 2 is 1.88 bits per heavy atom. The van der Waals surface area contributed by atoms with Crippen LogP contribution >= 0.6 is 0 Å². The average molecular weight is 232 g/mol. The third kappa shape index (κ3) is 3.55. The van der Waals surface area contributed by atoms with E-state index in [1.54, 1.807) is 11.1 Å². The summed E-state index contributed by atoms with van der Waals surface area (Å²) in [6.45, 7) is 3.15. The molecule has 2 rings (SSSR count).